The highest BCUT2D eigenvalue weighted by atomic mass is 79.9. The first-order chi connectivity index (χ1) is 11.2. The average molecular weight is 374 g/mol. The van der Waals surface area contributed by atoms with Crippen molar-refractivity contribution in [1.29, 1.82) is 0 Å². The fourth-order valence-electron chi connectivity index (χ4n) is 2.90. The third-order valence-corrected chi connectivity index (χ3v) is 4.81. The molecule has 23 heavy (non-hydrogen) atoms. The summed E-state index contributed by atoms with van der Waals surface area (Å²) in [5.74, 6) is 0.521. The fourth-order valence-corrected chi connectivity index (χ4v) is 3.28. The Kier molecular flexibility index (Phi) is 5.28. The van der Waals surface area contributed by atoms with Gasteiger partial charge in [-0.15, -0.1) is 0 Å². The zero-order valence-electron chi connectivity index (χ0n) is 12.9. The molecule has 2 aromatic rings. The summed E-state index contributed by atoms with van der Waals surface area (Å²) in [6.07, 6.45) is 7.78. The first-order valence-electron chi connectivity index (χ1n) is 8.01. The second-order valence-corrected chi connectivity index (χ2v) is 6.67. The van der Waals surface area contributed by atoms with Gasteiger partial charge in [0.2, 0.25) is 0 Å². The molecule has 4 nitrogen and oxygen atoms in total. The van der Waals surface area contributed by atoms with Gasteiger partial charge in [0.05, 0.1) is 11.3 Å². The molecule has 0 spiro atoms. The molecule has 1 fully saturated rings. The van der Waals surface area contributed by atoms with Crippen molar-refractivity contribution in [1.82, 2.24) is 4.98 Å². The summed E-state index contributed by atoms with van der Waals surface area (Å²) in [5, 5.41) is 6.39. The quantitative estimate of drug-likeness (QED) is 0.805. The van der Waals surface area contributed by atoms with E-state index in [9.17, 15) is 4.79 Å². The minimum Gasteiger partial charge on any atom is -0.367 e. The summed E-state index contributed by atoms with van der Waals surface area (Å²) in [5.41, 5.74) is 1.33. The summed E-state index contributed by atoms with van der Waals surface area (Å²) < 4.78 is 0.860. The number of halogens is 1. The number of anilines is 2. The lowest BCUT2D eigenvalue weighted by Crippen LogP contribution is -2.25. The molecule has 0 aliphatic heterocycles. The molecule has 3 rings (SSSR count). The molecule has 1 aromatic heterocycles. The van der Waals surface area contributed by atoms with Gasteiger partial charge in [-0.3, -0.25) is 4.79 Å². The van der Waals surface area contributed by atoms with Crippen LogP contribution < -0.4 is 10.6 Å². The zero-order chi connectivity index (χ0) is 16.1. The van der Waals surface area contributed by atoms with Crippen LogP contribution >= 0.6 is 15.9 Å². The summed E-state index contributed by atoms with van der Waals surface area (Å²) in [7, 11) is 0. The Morgan fingerprint density at radius 3 is 2.65 bits per heavy atom. The molecule has 0 radical (unpaired) electrons. The number of rotatable bonds is 4. The topological polar surface area (TPSA) is 54.0 Å². The van der Waals surface area contributed by atoms with Gasteiger partial charge in [0, 0.05) is 16.7 Å². The smallest absolute Gasteiger partial charge is 0.259 e. The predicted octanol–water partition coefficient (Wildman–Crippen LogP) is 4.84. The van der Waals surface area contributed by atoms with Crippen LogP contribution in [0.15, 0.2) is 47.1 Å². The number of nitrogens with one attached hydrogen (secondary N) is 2. The molecule has 0 bridgehead atoms. The highest BCUT2D eigenvalue weighted by Crippen LogP contribution is 2.25. The largest absolute Gasteiger partial charge is 0.367 e. The Morgan fingerprint density at radius 1 is 1.09 bits per heavy atom. The Bertz CT molecular complexity index is 683. The van der Waals surface area contributed by atoms with Gasteiger partial charge in [-0.2, -0.15) is 0 Å². The van der Waals surface area contributed by atoms with Crippen LogP contribution in [0.3, 0.4) is 0 Å². The van der Waals surface area contributed by atoms with E-state index in [0.717, 1.165) is 23.0 Å². The molecule has 0 saturated heterocycles. The molecular weight excluding hydrogens is 354 g/mol. The van der Waals surface area contributed by atoms with Crippen molar-refractivity contribution >= 4 is 33.3 Å². The van der Waals surface area contributed by atoms with Crippen LogP contribution in [0.25, 0.3) is 0 Å². The van der Waals surface area contributed by atoms with Crippen LogP contribution in [-0.4, -0.2) is 16.9 Å². The Balaban J connectivity index is 1.76. The average Bonchev–Trinajstić information content (AvgIpc) is 2.58. The summed E-state index contributed by atoms with van der Waals surface area (Å²) >= 11 is 3.45. The molecule has 1 heterocycles. The number of para-hydroxylation sites is 1. The maximum atomic E-state index is 12.6. The molecule has 1 aliphatic rings. The second kappa shape index (κ2) is 7.59. The van der Waals surface area contributed by atoms with Gasteiger partial charge >= 0.3 is 0 Å². The number of aromatic nitrogens is 1. The number of pyridine rings is 1. The van der Waals surface area contributed by atoms with Crippen molar-refractivity contribution in [2.75, 3.05) is 10.6 Å². The van der Waals surface area contributed by atoms with E-state index in [-0.39, 0.29) is 5.91 Å². The maximum Gasteiger partial charge on any atom is 0.259 e. The highest BCUT2D eigenvalue weighted by Gasteiger charge is 2.18. The van der Waals surface area contributed by atoms with Crippen molar-refractivity contribution in [3.05, 3.63) is 52.6 Å². The van der Waals surface area contributed by atoms with E-state index in [1.54, 1.807) is 12.3 Å². The second-order valence-electron chi connectivity index (χ2n) is 5.81. The Hall–Kier alpha value is -1.88. The van der Waals surface area contributed by atoms with Crippen LogP contribution in [0.1, 0.15) is 42.5 Å². The van der Waals surface area contributed by atoms with Crippen molar-refractivity contribution < 1.29 is 4.79 Å². The predicted molar refractivity (Wildman–Crippen MR) is 96.8 cm³/mol. The van der Waals surface area contributed by atoms with E-state index in [0.29, 0.717) is 17.4 Å². The van der Waals surface area contributed by atoms with Gasteiger partial charge in [0.15, 0.2) is 0 Å². The fraction of sp³-hybridized carbons (Fsp3) is 0.333. The third kappa shape index (κ3) is 4.10. The highest BCUT2D eigenvalue weighted by molar-refractivity contribution is 9.10. The molecule has 2 N–H and O–H groups in total. The van der Waals surface area contributed by atoms with E-state index in [2.05, 4.69) is 31.5 Å². The molecule has 120 valence electrons. The van der Waals surface area contributed by atoms with E-state index in [1.165, 1.54) is 19.3 Å². The van der Waals surface area contributed by atoms with E-state index < -0.39 is 0 Å². The Labute approximate surface area is 144 Å². The van der Waals surface area contributed by atoms with Crippen molar-refractivity contribution in [3.8, 4) is 0 Å². The van der Waals surface area contributed by atoms with Gasteiger partial charge < -0.3 is 10.6 Å². The lowest BCUT2D eigenvalue weighted by Gasteiger charge is -2.24. The lowest BCUT2D eigenvalue weighted by molar-refractivity contribution is 0.102. The van der Waals surface area contributed by atoms with Crippen LogP contribution in [-0.2, 0) is 0 Å². The summed E-state index contributed by atoms with van der Waals surface area (Å²) in [6, 6.07) is 11.6. The molecule has 1 saturated carbocycles. The molecule has 5 heteroatoms. The minimum atomic E-state index is -0.150. The molecular formula is C18H20BrN3O. The molecule has 0 unspecified atom stereocenters. The van der Waals surface area contributed by atoms with Crippen LogP contribution in [0.2, 0.25) is 0 Å². The van der Waals surface area contributed by atoms with Crippen molar-refractivity contribution in [2.24, 2.45) is 0 Å². The normalized spacial score (nSPS) is 15.2. The van der Waals surface area contributed by atoms with Crippen LogP contribution in [0, 0.1) is 0 Å². The van der Waals surface area contributed by atoms with E-state index in [4.69, 9.17) is 0 Å². The summed E-state index contributed by atoms with van der Waals surface area (Å²) in [4.78, 5) is 17.0. The van der Waals surface area contributed by atoms with E-state index in [1.807, 2.05) is 30.3 Å². The van der Waals surface area contributed by atoms with Crippen LogP contribution in [0.5, 0.6) is 0 Å². The minimum absolute atomic E-state index is 0.150. The SMILES string of the molecule is O=C(Nc1ccccc1Br)c1cccnc1NC1CCCCC1. The maximum absolute atomic E-state index is 12.6. The lowest BCUT2D eigenvalue weighted by atomic mass is 9.95. The van der Waals surface area contributed by atoms with Gasteiger partial charge in [-0.25, -0.2) is 4.98 Å². The number of amides is 1. The number of carbonyl (C=O) groups is 1. The van der Waals surface area contributed by atoms with Crippen LogP contribution in [0.4, 0.5) is 11.5 Å². The number of hydrogen-bond acceptors (Lipinski definition) is 3. The third-order valence-electron chi connectivity index (χ3n) is 4.12. The number of benzene rings is 1. The first-order valence-corrected chi connectivity index (χ1v) is 8.81. The van der Waals surface area contributed by atoms with Crippen molar-refractivity contribution in [2.45, 2.75) is 38.1 Å². The number of nitrogens with zero attached hydrogens (tertiary/aromatic N) is 1. The number of carbonyl (C=O) groups excluding carboxylic acids is 1. The summed E-state index contributed by atoms with van der Waals surface area (Å²) in [6.45, 7) is 0. The first kappa shape index (κ1) is 16.0. The molecule has 1 amide bonds. The van der Waals surface area contributed by atoms with Gasteiger partial charge in [0.1, 0.15) is 5.82 Å². The van der Waals surface area contributed by atoms with Gasteiger partial charge in [0.25, 0.3) is 5.91 Å². The standard InChI is InChI=1S/C18H20BrN3O/c19-15-10-4-5-11-16(15)22-18(23)14-9-6-12-20-17(14)21-13-7-2-1-3-8-13/h4-6,9-13H,1-3,7-8H2,(H,20,21)(H,22,23). The van der Waals surface area contributed by atoms with Crippen molar-refractivity contribution in [3.63, 3.8) is 0 Å². The van der Waals surface area contributed by atoms with Gasteiger partial charge in [-0.05, 0) is 53.0 Å². The molecule has 1 aliphatic carbocycles. The zero-order valence-corrected chi connectivity index (χ0v) is 14.5. The number of hydrogen-bond donors (Lipinski definition) is 2. The molecule has 0 atom stereocenters. The van der Waals surface area contributed by atoms with Gasteiger partial charge in [-0.1, -0.05) is 31.4 Å². The Morgan fingerprint density at radius 2 is 1.87 bits per heavy atom. The molecule has 1 aromatic carbocycles. The monoisotopic (exact) mass is 373 g/mol. The van der Waals surface area contributed by atoms with E-state index >= 15 is 0 Å².